The molecule has 140 valence electrons. The van der Waals surface area contributed by atoms with Crippen molar-refractivity contribution in [2.45, 2.75) is 12.7 Å². The number of hydrogen-bond acceptors (Lipinski definition) is 5. The average Bonchev–Trinajstić information content (AvgIpc) is 3.02. The number of aromatic nitrogens is 1. The highest BCUT2D eigenvalue weighted by Gasteiger charge is 2.35. The lowest BCUT2D eigenvalue weighted by Gasteiger charge is -2.32. The minimum atomic E-state index is -4.53. The van der Waals surface area contributed by atoms with Crippen LogP contribution in [0.5, 0.6) is 0 Å². The van der Waals surface area contributed by atoms with Crippen LogP contribution in [0.25, 0.3) is 0 Å². The molecular weight excluding hydrogens is 433 g/mol. The standard InChI is InChI=1S/C16H17BrF3N4OS/c1-22-4-6-23(7-5-22)10-11-2-3-12(8-13(11)16(18,19)20)24(25)15-21-9-14(17)26-15/h2-3,8-9H,4-7,10H2,1H3/q+1. The lowest BCUT2D eigenvalue weighted by Crippen LogP contribution is -2.44. The Balaban J connectivity index is 1.87. The van der Waals surface area contributed by atoms with Crippen LogP contribution >= 0.6 is 27.3 Å². The molecule has 1 aliphatic rings. The molecule has 10 heteroatoms. The van der Waals surface area contributed by atoms with Crippen molar-refractivity contribution >= 4 is 38.1 Å². The van der Waals surface area contributed by atoms with E-state index >= 15 is 0 Å². The molecule has 1 saturated heterocycles. The van der Waals surface area contributed by atoms with Gasteiger partial charge in [0.2, 0.25) is 0 Å². The Morgan fingerprint density at radius 3 is 2.54 bits per heavy atom. The summed E-state index contributed by atoms with van der Waals surface area (Å²) >= 11 is 4.25. The van der Waals surface area contributed by atoms with Crippen LogP contribution in [0, 0.1) is 4.91 Å². The van der Waals surface area contributed by atoms with Gasteiger partial charge in [0.15, 0.2) is 11.9 Å². The lowest BCUT2D eigenvalue weighted by molar-refractivity contribution is -0.138. The van der Waals surface area contributed by atoms with E-state index < -0.39 is 11.7 Å². The zero-order valence-electron chi connectivity index (χ0n) is 14.0. The third-order valence-corrected chi connectivity index (χ3v) is 5.71. The van der Waals surface area contributed by atoms with Gasteiger partial charge in [0.1, 0.15) is 3.79 Å². The van der Waals surface area contributed by atoms with Gasteiger partial charge in [-0.1, -0.05) is 11.0 Å². The molecule has 2 aromatic rings. The van der Waals surface area contributed by atoms with Crippen LogP contribution in [0.4, 0.5) is 24.0 Å². The number of alkyl halides is 3. The van der Waals surface area contributed by atoms with Crippen molar-refractivity contribution < 1.29 is 13.2 Å². The van der Waals surface area contributed by atoms with Crippen molar-refractivity contribution in [3.63, 3.8) is 0 Å². The third kappa shape index (κ3) is 4.48. The van der Waals surface area contributed by atoms with E-state index in [1.54, 1.807) is 0 Å². The number of thiazole rings is 1. The fraction of sp³-hybridized carbons (Fsp3) is 0.438. The summed E-state index contributed by atoms with van der Waals surface area (Å²) in [4.78, 5) is 20.4. The Morgan fingerprint density at radius 2 is 1.96 bits per heavy atom. The summed E-state index contributed by atoms with van der Waals surface area (Å²) in [6.45, 7) is 3.30. The van der Waals surface area contributed by atoms with Gasteiger partial charge >= 0.3 is 11.3 Å². The molecule has 0 bridgehead atoms. The summed E-state index contributed by atoms with van der Waals surface area (Å²) < 4.78 is 41.7. The molecule has 3 rings (SSSR count). The van der Waals surface area contributed by atoms with Crippen LogP contribution in [0.1, 0.15) is 11.1 Å². The topological polar surface area (TPSA) is 39.5 Å². The molecule has 0 aliphatic carbocycles. The molecule has 26 heavy (non-hydrogen) atoms. The summed E-state index contributed by atoms with van der Waals surface area (Å²) in [5, 5.41) is 0.0804. The monoisotopic (exact) mass is 449 g/mol. The summed E-state index contributed by atoms with van der Waals surface area (Å²) in [7, 11) is 1.99. The Labute approximate surface area is 161 Å². The molecule has 0 N–H and O–H groups in total. The predicted octanol–water partition coefficient (Wildman–Crippen LogP) is 4.27. The molecule has 1 fully saturated rings. The molecule has 0 saturated carbocycles. The van der Waals surface area contributed by atoms with E-state index in [0.717, 1.165) is 43.6 Å². The SMILES string of the molecule is CN1CCN(Cc2ccc([N+](=O)c3ncc(Br)s3)cc2C(F)(F)F)CC1. The first-order chi connectivity index (χ1) is 12.2. The fourth-order valence-electron chi connectivity index (χ4n) is 2.79. The first kappa shape index (κ1) is 19.4. The van der Waals surface area contributed by atoms with Crippen LogP contribution in [-0.2, 0) is 12.7 Å². The largest absolute Gasteiger partial charge is 0.427 e. The van der Waals surface area contributed by atoms with Crippen LogP contribution in [-0.4, -0.2) is 48.0 Å². The molecule has 0 unspecified atom stereocenters. The summed E-state index contributed by atoms with van der Waals surface area (Å²) in [5.74, 6) is 0. The first-order valence-corrected chi connectivity index (χ1v) is 9.54. The van der Waals surface area contributed by atoms with Crippen molar-refractivity contribution in [2.24, 2.45) is 0 Å². The smallest absolute Gasteiger partial charge is 0.304 e. The highest BCUT2D eigenvalue weighted by molar-refractivity contribution is 9.11. The fourth-order valence-corrected chi connectivity index (χ4v) is 3.90. The van der Waals surface area contributed by atoms with E-state index in [1.807, 2.05) is 11.9 Å². The van der Waals surface area contributed by atoms with Gasteiger partial charge in [-0.15, -0.1) is 0 Å². The number of benzene rings is 1. The zero-order chi connectivity index (χ0) is 18.9. The second-order valence-electron chi connectivity index (χ2n) is 6.16. The lowest BCUT2D eigenvalue weighted by atomic mass is 10.0. The second-order valence-corrected chi connectivity index (χ2v) is 8.55. The van der Waals surface area contributed by atoms with E-state index in [4.69, 9.17) is 0 Å². The number of halogens is 4. The van der Waals surface area contributed by atoms with Crippen molar-refractivity contribution in [1.29, 1.82) is 0 Å². The number of nitrogens with zero attached hydrogens (tertiary/aromatic N) is 4. The van der Waals surface area contributed by atoms with Gasteiger partial charge in [-0.05, 0) is 50.9 Å². The average molecular weight is 450 g/mol. The molecule has 1 aromatic carbocycles. The molecule has 0 radical (unpaired) electrons. The van der Waals surface area contributed by atoms with E-state index in [2.05, 4.69) is 25.8 Å². The summed E-state index contributed by atoms with van der Waals surface area (Å²) in [6.07, 6.45) is -3.08. The molecule has 5 nitrogen and oxygen atoms in total. The van der Waals surface area contributed by atoms with Gasteiger partial charge in [-0.25, -0.2) is 0 Å². The molecule has 0 amide bonds. The van der Waals surface area contributed by atoms with Gasteiger partial charge in [-0.3, -0.25) is 4.90 Å². The van der Waals surface area contributed by atoms with Gasteiger partial charge in [0, 0.05) is 43.6 Å². The Hall–Kier alpha value is -1.36. The van der Waals surface area contributed by atoms with E-state index in [-0.39, 0.29) is 22.9 Å². The van der Waals surface area contributed by atoms with Crippen LogP contribution in [0.3, 0.4) is 0 Å². The molecule has 2 heterocycles. The van der Waals surface area contributed by atoms with Crippen LogP contribution in [0.15, 0.2) is 28.2 Å². The third-order valence-electron chi connectivity index (χ3n) is 4.26. The van der Waals surface area contributed by atoms with Gasteiger partial charge in [-0.2, -0.15) is 13.2 Å². The second kappa shape index (κ2) is 7.71. The van der Waals surface area contributed by atoms with Crippen molar-refractivity contribution in [1.82, 2.24) is 19.5 Å². The zero-order valence-corrected chi connectivity index (χ0v) is 16.4. The van der Waals surface area contributed by atoms with Crippen molar-refractivity contribution in [3.8, 4) is 0 Å². The Bertz CT molecular complexity index is 803. The normalized spacial score (nSPS) is 16.8. The first-order valence-electron chi connectivity index (χ1n) is 7.93. The molecule has 0 atom stereocenters. The minimum absolute atomic E-state index is 0.0804. The maximum Gasteiger partial charge on any atom is 0.427 e. The Morgan fingerprint density at radius 1 is 1.27 bits per heavy atom. The van der Waals surface area contributed by atoms with Crippen LogP contribution in [0.2, 0.25) is 0 Å². The van der Waals surface area contributed by atoms with Gasteiger partial charge in [0.25, 0.3) is 0 Å². The maximum atomic E-state index is 13.5. The number of likely N-dealkylation sites (N-methyl/N-ethyl adjacent to an activating group) is 1. The van der Waals surface area contributed by atoms with Gasteiger partial charge < -0.3 is 4.90 Å². The number of hydrogen-bond donors (Lipinski definition) is 0. The number of piperazine rings is 1. The van der Waals surface area contributed by atoms with Gasteiger partial charge in [0.05, 0.1) is 5.56 Å². The minimum Gasteiger partial charge on any atom is -0.304 e. The quantitative estimate of drug-likeness (QED) is 0.653. The molecule has 0 spiro atoms. The Kier molecular flexibility index (Phi) is 5.75. The number of rotatable bonds is 4. The number of nitroso groups, excluding NO2 is 1. The van der Waals surface area contributed by atoms with Crippen molar-refractivity contribution in [2.75, 3.05) is 33.2 Å². The van der Waals surface area contributed by atoms with E-state index in [1.165, 1.54) is 18.3 Å². The summed E-state index contributed by atoms with van der Waals surface area (Å²) in [6, 6.07) is 3.72. The summed E-state index contributed by atoms with van der Waals surface area (Å²) in [5.41, 5.74) is -0.675. The van der Waals surface area contributed by atoms with E-state index in [9.17, 15) is 18.1 Å². The highest BCUT2D eigenvalue weighted by atomic mass is 79.9. The molecule has 1 aromatic heterocycles. The van der Waals surface area contributed by atoms with Crippen LogP contribution < -0.4 is 4.76 Å². The molecular formula is C16H17BrF3N4OS+. The highest BCUT2D eigenvalue weighted by Crippen LogP contribution is 2.36. The van der Waals surface area contributed by atoms with E-state index in [0.29, 0.717) is 8.55 Å². The maximum absolute atomic E-state index is 13.5. The van der Waals surface area contributed by atoms with Crippen molar-refractivity contribution in [3.05, 3.63) is 44.2 Å². The predicted molar refractivity (Wildman–Crippen MR) is 98.9 cm³/mol. The molecule has 1 aliphatic heterocycles.